The minimum absolute atomic E-state index is 0.101. The molecular formula is C14H22Br2O2Si. The molecule has 2 nitrogen and oxygen atoms in total. The fourth-order valence-electron chi connectivity index (χ4n) is 1.32. The van der Waals surface area contributed by atoms with Crippen LogP contribution in [0.5, 0.6) is 5.75 Å². The Hall–Kier alpha value is 0.157. The number of halogens is 2. The molecule has 0 saturated heterocycles. The van der Waals surface area contributed by atoms with E-state index in [0.29, 0.717) is 0 Å². The predicted octanol–water partition coefficient (Wildman–Crippen LogP) is 5.87. The first kappa shape index (κ1) is 17.2. The van der Waals surface area contributed by atoms with Gasteiger partial charge in [-0.3, -0.25) is 0 Å². The van der Waals surface area contributed by atoms with Gasteiger partial charge < -0.3 is 9.16 Å². The molecule has 0 aliphatic carbocycles. The van der Waals surface area contributed by atoms with Crippen molar-refractivity contribution in [3.05, 3.63) is 28.2 Å². The van der Waals surface area contributed by atoms with Gasteiger partial charge in [0, 0.05) is 0 Å². The maximum atomic E-state index is 6.31. The average Bonchev–Trinajstić information content (AvgIpc) is 2.27. The van der Waals surface area contributed by atoms with Crippen LogP contribution in [0.2, 0.25) is 18.1 Å². The van der Waals surface area contributed by atoms with Crippen molar-refractivity contribution in [1.29, 1.82) is 0 Å². The minimum Gasteiger partial charge on any atom is -0.496 e. The molecule has 0 spiro atoms. The SMILES string of the molecule is COc1cc(C(Br)O[Si](C)(C)C(C)(C)C)ccc1Br. The maximum Gasteiger partial charge on any atom is 0.194 e. The molecule has 0 amide bonds. The quantitative estimate of drug-likeness (QED) is 0.457. The van der Waals surface area contributed by atoms with E-state index in [1.807, 2.05) is 18.2 Å². The fourth-order valence-corrected chi connectivity index (χ4v) is 4.42. The normalized spacial score (nSPS) is 14.3. The summed E-state index contributed by atoms with van der Waals surface area (Å²) in [5.74, 6) is 0.820. The third-order valence-electron chi connectivity index (χ3n) is 3.64. The van der Waals surface area contributed by atoms with Gasteiger partial charge in [-0.15, -0.1) is 0 Å². The molecule has 1 aromatic rings. The van der Waals surface area contributed by atoms with Gasteiger partial charge in [0.15, 0.2) is 8.32 Å². The molecule has 1 aromatic carbocycles. The van der Waals surface area contributed by atoms with Crippen molar-refractivity contribution in [2.45, 2.75) is 43.9 Å². The summed E-state index contributed by atoms with van der Waals surface area (Å²) in [7, 11) is -0.123. The highest BCUT2D eigenvalue weighted by molar-refractivity contribution is 9.10. The van der Waals surface area contributed by atoms with Crippen LogP contribution in [0, 0.1) is 0 Å². The third kappa shape index (κ3) is 4.31. The number of ether oxygens (including phenoxy) is 1. The van der Waals surface area contributed by atoms with Gasteiger partial charge in [0.05, 0.1) is 11.6 Å². The summed E-state index contributed by atoms with van der Waals surface area (Å²) in [6, 6.07) is 6.02. The lowest BCUT2D eigenvalue weighted by molar-refractivity contribution is 0.271. The van der Waals surface area contributed by atoms with E-state index in [0.717, 1.165) is 15.8 Å². The van der Waals surface area contributed by atoms with Crippen LogP contribution >= 0.6 is 31.9 Å². The highest BCUT2D eigenvalue weighted by atomic mass is 79.9. The van der Waals surface area contributed by atoms with E-state index in [2.05, 4.69) is 65.7 Å². The summed E-state index contributed by atoms with van der Waals surface area (Å²) in [5, 5.41) is 0.0914. The Morgan fingerprint density at radius 3 is 2.26 bits per heavy atom. The van der Waals surface area contributed by atoms with Gasteiger partial charge in [-0.1, -0.05) is 42.8 Å². The topological polar surface area (TPSA) is 18.5 Å². The Balaban J connectivity index is 2.93. The molecule has 0 aliphatic rings. The van der Waals surface area contributed by atoms with Crippen LogP contribution in [0.3, 0.4) is 0 Å². The minimum atomic E-state index is -1.79. The molecule has 0 N–H and O–H groups in total. The molecule has 0 aromatic heterocycles. The predicted molar refractivity (Wildman–Crippen MR) is 90.6 cm³/mol. The molecule has 0 fully saturated rings. The van der Waals surface area contributed by atoms with Gasteiger partial charge in [0.25, 0.3) is 0 Å². The second-order valence-corrected chi connectivity index (χ2v) is 12.5. The van der Waals surface area contributed by atoms with Crippen LogP contribution in [0.1, 0.15) is 31.3 Å². The monoisotopic (exact) mass is 408 g/mol. The number of benzene rings is 1. The molecule has 0 aliphatic heterocycles. The van der Waals surface area contributed by atoms with E-state index in [9.17, 15) is 0 Å². The Bertz CT molecular complexity index is 442. The summed E-state index contributed by atoms with van der Waals surface area (Å²) in [6.07, 6.45) is 0. The summed E-state index contributed by atoms with van der Waals surface area (Å²) in [6.45, 7) is 11.2. The second kappa shape index (κ2) is 6.29. The molecular weight excluding hydrogens is 388 g/mol. The van der Waals surface area contributed by atoms with Crippen LogP contribution in [0.25, 0.3) is 0 Å². The van der Waals surface area contributed by atoms with Crippen molar-refractivity contribution in [2.75, 3.05) is 7.11 Å². The summed E-state index contributed by atoms with van der Waals surface area (Å²) in [4.78, 5) is 0. The first-order valence-corrected chi connectivity index (χ1v) is 10.9. The number of alkyl halides is 1. The van der Waals surface area contributed by atoms with Crippen molar-refractivity contribution in [3.63, 3.8) is 0 Å². The molecule has 0 radical (unpaired) electrons. The zero-order valence-electron chi connectivity index (χ0n) is 12.4. The zero-order valence-corrected chi connectivity index (χ0v) is 16.6. The van der Waals surface area contributed by atoms with Crippen molar-refractivity contribution in [3.8, 4) is 5.75 Å². The van der Waals surface area contributed by atoms with E-state index in [-0.39, 0.29) is 10.1 Å². The first-order chi connectivity index (χ1) is 8.58. The smallest absolute Gasteiger partial charge is 0.194 e. The highest BCUT2D eigenvalue weighted by Crippen LogP contribution is 2.42. The lowest BCUT2D eigenvalue weighted by Crippen LogP contribution is -2.41. The number of methoxy groups -OCH3 is 1. The van der Waals surface area contributed by atoms with Crippen molar-refractivity contribution in [2.24, 2.45) is 0 Å². The molecule has 1 atom stereocenters. The lowest BCUT2D eigenvalue weighted by atomic mass is 10.2. The second-order valence-electron chi connectivity index (χ2n) is 6.09. The lowest BCUT2D eigenvalue weighted by Gasteiger charge is -2.38. The van der Waals surface area contributed by atoms with Crippen LogP contribution in [0.4, 0.5) is 0 Å². The van der Waals surface area contributed by atoms with Crippen LogP contribution in [-0.2, 0) is 4.43 Å². The Morgan fingerprint density at radius 1 is 1.21 bits per heavy atom. The number of hydrogen-bond acceptors (Lipinski definition) is 2. The van der Waals surface area contributed by atoms with Gasteiger partial charge in [-0.05, 0) is 51.8 Å². The van der Waals surface area contributed by atoms with Crippen LogP contribution < -0.4 is 4.74 Å². The average molecular weight is 410 g/mol. The summed E-state index contributed by atoms with van der Waals surface area (Å²) >= 11 is 7.10. The fraction of sp³-hybridized carbons (Fsp3) is 0.571. The number of rotatable bonds is 4. The molecule has 108 valence electrons. The van der Waals surface area contributed by atoms with Gasteiger partial charge in [-0.2, -0.15) is 0 Å². The number of hydrogen-bond donors (Lipinski definition) is 0. The van der Waals surface area contributed by atoms with Gasteiger partial charge in [-0.25, -0.2) is 0 Å². The Morgan fingerprint density at radius 2 is 1.79 bits per heavy atom. The van der Waals surface area contributed by atoms with E-state index < -0.39 is 8.32 Å². The van der Waals surface area contributed by atoms with E-state index in [1.54, 1.807) is 7.11 Å². The molecule has 0 bridgehead atoms. The van der Waals surface area contributed by atoms with E-state index in [4.69, 9.17) is 9.16 Å². The third-order valence-corrected chi connectivity index (χ3v) is 9.79. The van der Waals surface area contributed by atoms with Crippen molar-refractivity contribution < 1.29 is 9.16 Å². The Kier molecular flexibility index (Phi) is 5.69. The first-order valence-electron chi connectivity index (χ1n) is 6.24. The van der Waals surface area contributed by atoms with Crippen LogP contribution in [0.15, 0.2) is 22.7 Å². The van der Waals surface area contributed by atoms with Crippen molar-refractivity contribution >= 4 is 40.2 Å². The molecule has 5 heteroatoms. The van der Waals surface area contributed by atoms with Crippen molar-refractivity contribution in [1.82, 2.24) is 0 Å². The molecule has 1 unspecified atom stereocenters. The largest absolute Gasteiger partial charge is 0.496 e. The molecule has 1 rings (SSSR count). The molecule has 0 heterocycles. The molecule has 19 heavy (non-hydrogen) atoms. The summed E-state index contributed by atoms with van der Waals surface area (Å²) < 4.78 is 12.6. The zero-order chi connectivity index (χ0) is 14.8. The van der Waals surface area contributed by atoms with Gasteiger partial charge >= 0.3 is 0 Å². The van der Waals surface area contributed by atoms with Crippen LogP contribution in [-0.4, -0.2) is 15.4 Å². The van der Waals surface area contributed by atoms with E-state index in [1.165, 1.54) is 0 Å². The van der Waals surface area contributed by atoms with Gasteiger partial charge in [0.1, 0.15) is 10.8 Å². The molecule has 0 saturated carbocycles. The highest BCUT2D eigenvalue weighted by Gasteiger charge is 2.39. The maximum absolute atomic E-state index is 6.31. The summed E-state index contributed by atoms with van der Waals surface area (Å²) in [5.41, 5.74) is 1.07. The standard InChI is InChI=1S/C14H22Br2O2Si/c1-14(2,3)19(5,6)18-13(16)10-7-8-11(15)12(9-10)17-4/h7-9,13H,1-6H3. The van der Waals surface area contributed by atoms with E-state index >= 15 is 0 Å². The van der Waals surface area contributed by atoms with Gasteiger partial charge in [0.2, 0.25) is 0 Å². The Labute approximate surface area is 134 Å².